The Morgan fingerprint density at radius 3 is 2.54 bits per heavy atom. The van der Waals surface area contributed by atoms with Crippen molar-refractivity contribution < 1.29 is 9.53 Å². The van der Waals surface area contributed by atoms with Gasteiger partial charge in [-0.25, -0.2) is 4.98 Å². The first-order valence-corrected chi connectivity index (χ1v) is 8.30. The Morgan fingerprint density at radius 2 is 1.92 bits per heavy atom. The number of aromatic nitrogens is 1. The van der Waals surface area contributed by atoms with Crippen LogP contribution in [0.2, 0.25) is 0 Å². The number of hydrogen-bond donors (Lipinski definition) is 1. The fourth-order valence-corrected chi connectivity index (χ4v) is 2.58. The minimum absolute atomic E-state index is 0.108. The zero-order valence-corrected chi connectivity index (χ0v) is 14.6. The number of carbonyl (C=O) groups excluding carboxylic acids is 1. The molecule has 1 amide bonds. The highest BCUT2D eigenvalue weighted by atomic mass is 16.5. The van der Waals surface area contributed by atoms with Gasteiger partial charge in [-0.2, -0.15) is 0 Å². The van der Waals surface area contributed by atoms with E-state index in [1.165, 1.54) is 0 Å². The quantitative estimate of drug-likeness (QED) is 0.810. The van der Waals surface area contributed by atoms with E-state index in [-0.39, 0.29) is 5.91 Å². The number of pyridine rings is 1. The van der Waals surface area contributed by atoms with E-state index < -0.39 is 0 Å². The monoisotopic (exact) mass is 327 g/mol. The number of hydrogen-bond acceptors (Lipinski definition) is 4. The van der Waals surface area contributed by atoms with Gasteiger partial charge in [0.15, 0.2) is 0 Å². The molecule has 0 unspecified atom stereocenters. The average Bonchev–Trinajstić information content (AvgIpc) is 2.63. The van der Waals surface area contributed by atoms with Crippen molar-refractivity contribution in [3.63, 3.8) is 0 Å². The number of carbonyl (C=O) groups is 1. The largest absolute Gasteiger partial charge is 0.496 e. The molecule has 0 saturated heterocycles. The predicted molar refractivity (Wildman–Crippen MR) is 96.8 cm³/mol. The Hall–Kier alpha value is -2.56. The molecule has 5 nitrogen and oxygen atoms in total. The van der Waals surface area contributed by atoms with Gasteiger partial charge in [0.05, 0.1) is 12.7 Å². The molecular formula is C19H25N3O2. The first-order valence-electron chi connectivity index (χ1n) is 8.30. The van der Waals surface area contributed by atoms with Gasteiger partial charge in [0, 0.05) is 25.8 Å². The lowest BCUT2D eigenvalue weighted by Crippen LogP contribution is -2.26. The number of anilines is 1. The summed E-state index contributed by atoms with van der Waals surface area (Å²) in [5, 5.41) is 2.93. The second kappa shape index (κ2) is 8.91. The lowest BCUT2D eigenvalue weighted by molar-refractivity contribution is 0.0953. The van der Waals surface area contributed by atoms with Crippen molar-refractivity contribution in [2.75, 3.05) is 31.6 Å². The maximum atomic E-state index is 12.2. The van der Waals surface area contributed by atoms with Crippen LogP contribution in [0.4, 0.5) is 5.82 Å². The van der Waals surface area contributed by atoms with Crippen LogP contribution in [0, 0.1) is 0 Å². The maximum absolute atomic E-state index is 12.2. The molecule has 24 heavy (non-hydrogen) atoms. The molecule has 0 aliphatic carbocycles. The fourth-order valence-electron chi connectivity index (χ4n) is 2.58. The molecule has 1 aromatic carbocycles. The number of amides is 1. The van der Waals surface area contributed by atoms with E-state index in [0.29, 0.717) is 12.1 Å². The summed E-state index contributed by atoms with van der Waals surface area (Å²) >= 11 is 0. The van der Waals surface area contributed by atoms with Gasteiger partial charge in [-0.15, -0.1) is 0 Å². The van der Waals surface area contributed by atoms with Crippen LogP contribution in [-0.2, 0) is 6.42 Å². The topological polar surface area (TPSA) is 54.5 Å². The molecule has 2 rings (SSSR count). The Morgan fingerprint density at radius 1 is 1.17 bits per heavy atom. The lowest BCUT2D eigenvalue weighted by Gasteiger charge is -2.19. The second-order valence-corrected chi connectivity index (χ2v) is 5.40. The van der Waals surface area contributed by atoms with Gasteiger partial charge in [0.1, 0.15) is 11.6 Å². The van der Waals surface area contributed by atoms with Crippen molar-refractivity contribution in [3.8, 4) is 5.75 Å². The van der Waals surface area contributed by atoms with Crippen LogP contribution < -0.4 is 15.0 Å². The van der Waals surface area contributed by atoms with Gasteiger partial charge in [-0.05, 0) is 44.0 Å². The van der Waals surface area contributed by atoms with Gasteiger partial charge in [0.25, 0.3) is 5.91 Å². The van der Waals surface area contributed by atoms with Gasteiger partial charge in [-0.3, -0.25) is 4.79 Å². The fraction of sp³-hybridized carbons (Fsp3) is 0.368. The molecule has 0 fully saturated rings. The summed E-state index contributed by atoms with van der Waals surface area (Å²) in [7, 11) is 1.65. The highest BCUT2D eigenvalue weighted by molar-refractivity contribution is 5.94. The smallest absolute Gasteiger partial charge is 0.252 e. The third kappa shape index (κ3) is 4.47. The molecule has 0 radical (unpaired) electrons. The summed E-state index contributed by atoms with van der Waals surface area (Å²) in [5.74, 6) is 1.63. The molecule has 0 spiro atoms. The predicted octanol–water partition coefficient (Wildman–Crippen LogP) is 2.91. The number of benzene rings is 1. The highest BCUT2D eigenvalue weighted by Gasteiger charge is 2.09. The van der Waals surface area contributed by atoms with Gasteiger partial charge < -0.3 is 15.0 Å². The van der Waals surface area contributed by atoms with E-state index in [4.69, 9.17) is 4.74 Å². The van der Waals surface area contributed by atoms with Crippen molar-refractivity contribution in [2.45, 2.75) is 20.3 Å². The van der Waals surface area contributed by atoms with Crippen LogP contribution in [0.25, 0.3) is 0 Å². The standard InChI is InChI=1S/C19H25N3O2/c1-4-22(5-2)18-11-10-16(14-21-18)19(23)20-13-12-15-8-6-7-9-17(15)24-3/h6-11,14H,4-5,12-13H2,1-3H3,(H,20,23). The van der Waals surface area contributed by atoms with E-state index in [2.05, 4.69) is 29.0 Å². The minimum Gasteiger partial charge on any atom is -0.496 e. The molecule has 1 aromatic heterocycles. The molecule has 2 aromatic rings. The summed E-state index contributed by atoms with van der Waals surface area (Å²) < 4.78 is 5.32. The molecule has 0 saturated carbocycles. The second-order valence-electron chi connectivity index (χ2n) is 5.40. The zero-order chi connectivity index (χ0) is 17.4. The Balaban J connectivity index is 1.90. The number of methoxy groups -OCH3 is 1. The molecule has 0 atom stereocenters. The van der Waals surface area contributed by atoms with Crippen molar-refractivity contribution in [1.82, 2.24) is 10.3 Å². The summed E-state index contributed by atoms with van der Waals surface area (Å²) in [6, 6.07) is 11.5. The van der Waals surface area contributed by atoms with E-state index in [9.17, 15) is 4.79 Å². The number of nitrogens with zero attached hydrogens (tertiary/aromatic N) is 2. The number of nitrogens with one attached hydrogen (secondary N) is 1. The summed E-state index contributed by atoms with van der Waals surface area (Å²) in [6.45, 7) is 6.52. The number of ether oxygens (including phenoxy) is 1. The Bertz CT molecular complexity index is 652. The maximum Gasteiger partial charge on any atom is 0.252 e. The van der Waals surface area contributed by atoms with Crippen molar-refractivity contribution in [3.05, 3.63) is 53.7 Å². The Kier molecular flexibility index (Phi) is 6.61. The summed E-state index contributed by atoms with van der Waals surface area (Å²) in [6.07, 6.45) is 2.35. The van der Waals surface area contributed by atoms with Crippen molar-refractivity contribution >= 4 is 11.7 Å². The van der Waals surface area contributed by atoms with Crippen molar-refractivity contribution in [2.24, 2.45) is 0 Å². The van der Waals surface area contributed by atoms with Gasteiger partial charge in [-0.1, -0.05) is 18.2 Å². The van der Waals surface area contributed by atoms with Crippen LogP contribution in [0.3, 0.4) is 0 Å². The molecule has 0 bridgehead atoms. The van der Waals surface area contributed by atoms with Gasteiger partial charge >= 0.3 is 0 Å². The third-order valence-electron chi connectivity index (χ3n) is 3.97. The Labute approximate surface area is 143 Å². The zero-order valence-electron chi connectivity index (χ0n) is 14.6. The minimum atomic E-state index is -0.108. The molecule has 1 N–H and O–H groups in total. The molecule has 128 valence electrons. The molecular weight excluding hydrogens is 302 g/mol. The molecule has 0 aliphatic rings. The molecule has 5 heteroatoms. The van der Waals surface area contributed by atoms with Crippen LogP contribution in [0.15, 0.2) is 42.6 Å². The van der Waals surface area contributed by atoms with E-state index in [0.717, 1.165) is 36.6 Å². The van der Waals surface area contributed by atoms with E-state index in [1.54, 1.807) is 13.3 Å². The van der Waals surface area contributed by atoms with Crippen LogP contribution in [0.5, 0.6) is 5.75 Å². The van der Waals surface area contributed by atoms with E-state index in [1.807, 2.05) is 36.4 Å². The molecule has 1 heterocycles. The van der Waals surface area contributed by atoms with Crippen LogP contribution in [-0.4, -0.2) is 37.6 Å². The highest BCUT2D eigenvalue weighted by Crippen LogP contribution is 2.17. The first kappa shape index (κ1) is 17.8. The summed E-state index contributed by atoms with van der Waals surface area (Å²) in [4.78, 5) is 18.7. The number of para-hydroxylation sites is 1. The first-order chi connectivity index (χ1) is 11.7. The molecule has 0 aliphatic heterocycles. The van der Waals surface area contributed by atoms with Crippen LogP contribution >= 0.6 is 0 Å². The SMILES string of the molecule is CCN(CC)c1ccc(C(=O)NCCc2ccccc2OC)cn1. The normalized spacial score (nSPS) is 10.3. The average molecular weight is 327 g/mol. The number of rotatable bonds is 8. The van der Waals surface area contributed by atoms with Crippen LogP contribution in [0.1, 0.15) is 29.8 Å². The lowest BCUT2D eigenvalue weighted by atomic mass is 10.1. The van der Waals surface area contributed by atoms with Gasteiger partial charge in [0.2, 0.25) is 0 Å². The van der Waals surface area contributed by atoms with Crippen molar-refractivity contribution in [1.29, 1.82) is 0 Å². The summed E-state index contributed by atoms with van der Waals surface area (Å²) in [5.41, 5.74) is 1.65. The van der Waals surface area contributed by atoms with E-state index >= 15 is 0 Å². The third-order valence-corrected chi connectivity index (χ3v) is 3.97.